The number of carbonyl (C=O) groups is 3. The van der Waals surface area contributed by atoms with Crippen molar-refractivity contribution in [2.75, 3.05) is 18.4 Å². The molecule has 3 heterocycles. The van der Waals surface area contributed by atoms with Gasteiger partial charge in [-0.1, -0.05) is 6.07 Å². The number of nitrogens with one attached hydrogen (secondary N) is 2. The molecule has 8 nitrogen and oxygen atoms in total. The van der Waals surface area contributed by atoms with E-state index in [1.807, 2.05) is 0 Å². The summed E-state index contributed by atoms with van der Waals surface area (Å²) in [6.07, 6.45) is 2.79. The first-order valence-corrected chi connectivity index (χ1v) is 10.6. The molecule has 1 fully saturated rings. The molecule has 4 rings (SSSR count). The van der Waals surface area contributed by atoms with Crippen LogP contribution in [0.15, 0.2) is 68.3 Å². The van der Waals surface area contributed by atoms with Crippen molar-refractivity contribution in [1.82, 2.24) is 10.2 Å². The second-order valence-electron chi connectivity index (χ2n) is 7.16. The monoisotopic (exact) mass is 485 g/mol. The molecule has 1 aliphatic heterocycles. The van der Waals surface area contributed by atoms with Gasteiger partial charge in [0.15, 0.2) is 16.2 Å². The Balaban J connectivity index is 1.31. The number of halogens is 1. The van der Waals surface area contributed by atoms with Crippen molar-refractivity contribution in [3.8, 4) is 0 Å². The van der Waals surface area contributed by atoms with Crippen molar-refractivity contribution in [2.45, 2.75) is 18.9 Å². The summed E-state index contributed by atoms with van der Waals surface area (Å²) in [6.45, 7) is 1.08. The number of rotatable bonds is 5. The van der Waals surface area contributed by atoms with Crippen LogP contribution in [-0.2, 0) is 0 Å². The molecule has 31 heavy (non-hydrogen) atoms. The maximum atomic E-state index is 12.7. The Morgan fingerprint density at radius 2 is 1.77 bits per heavy atom. The highest BCUT2D eigenvalue weighted by Gasteiger charge is 2.26. The molecule has 0 radical (unpaired) electrons. The smallest absolute Gasteiger partial charge is 0.291 e. The highest BCUT2D eigenvalue weighted by molar-refractivity contribution is 9.10. The highest BCUT2D eigenvalue weighted by Crippen LogP contribution is 2.18. The van der Waals surface area contributed by atoms with Crippen LogP contribution in [0.4, 0.5) is 5.69 Å². The maximum absolute atomic E-state index is 12.7. The molecule has 3 aromatic rings. The van der Waals surface area contributed by atoms with E-state index in [4.69, 9.17) is 8.83 Å². The van der Waals surface area contributed by atoms with Crippen LogP contribution >= 0.6 is 15.9 Å². The van der Waals surface area contributed by atoms with Gasteiger partial charge in [-0.2, -0.15) is 0 Å². The van der Waals surface area contributed by atoms with Crippen molar-refractivity contribution >= 4 is 39.3 Å². The fourth-order valence-corrected chi connectivity index (χ4v) is 3.73. The summed E-state index contributed by atoms with van der Waals surface area (Å²) in [4.78, 5) is 39.0. The summed E-state index contributed by atoms with van der Waals surface area (Å²) >= 11 is 3.16. The molecule has 9 heteroatoms. The fourth-order valence-electron chi connectivity index (χ4n) is 3.42. The van der Waals surface area contributed by atoms with Gasteiger partial charge in [-0.15, -0.1) is 0 Å². The molecule has 2 aromatic heterocycles. The van der Waals surface area contributed by atoms with Gasteiger partial charge in [-0.05, 0) is 71.2 Å². The Labute approximate surface area is 186 Å². The first-order chi connectivity index (χ1) is 15.0. The minimum atomic E-state index is -0.406. The molecule has 3 amide bonds. The largest absolute Gasteiger partial charge is 0.459 e. The Morgan fingerprint density at radius 3 is 2.45 bits per heavy atom. The number of likely N-dealkylation sites (tertiary alicyclic amines) is 1. The van der Waals surface area contributed by atoms with Crippen molar-refractivity contribution in [2.24, 2.45) is 0 Å². The average molecular weight is 486 g/mol. The zero-order valence-electron chi connectivity index (χ0n) is 16.5. The predicted molar refractivity (Wildman–Crippen MR) is 116 cm³/mol. The van der Waals surface area contributed by atoms with Gasteiger partial charge in [0.2, 0.25) is 0 Å². The lowest BCUT2D eigenvalue weighted by molar-refractivity contribution is 0.0667. The molecule has 0 atom stereocenters. The predicted octanol–water partition coefficient (Wildman–Crippen LogP) is 3.92. The Morgan fingerprint density at radius 1 is 0.968 bits per heavy atom. The number of piperidine rings is 1. The van der Waals surface area contributed by atoms with Gasteiger partial charge < -0.3 is 24.4 Å². The van der Waals surface area contributed by atoms with Crippen LogP contribution in [-0.4, -0.2) is 41.8 Å². The number of hydrogen-bond donors (Lipinski definition) is 2. The Bertz CT molecular complexity index is 1080. The second kappa shape index (κ2) is 9.22. The maximum Gasteiger partial charge on any atom is 0.291 e. The van der Waals surface area contributed by atoms with Crippen LogP contribution in [0.2, 0.25) is 0 Å². The quantitative estimate of drug-likeness (QED) is 0.569. The van der Waals surface area contributed by atoms with Gasteiger partial charge in [0.1, 0.15) is 0 Å². The van der Waals surface area contributed by atoms with E-state index in [1.54, 1.807) is 53.4 Å². The van der Waals surface area contributed by atoms with Crippen molar-refractivity contribution in [1.29, 1.82) is 0 Å². The van der Waals surface area contributed by atoms with Crippen LogP contribution in [0.3, 0.4) is 0 Å². The minimum Gasteiger partial charge on any atom is -0.459 e. The number of amides is 3. The van der Waals surface area contributed by atoms with Crippen molar-refractivity contribution in [3.05, 3.63) is 76.5 Å². The molecular formula is C22H20BrN3O5. The molecule has 0 saturated carbocycles. The molecule has 0 spiro atoms. The summed E-state index contributed by atoms with van der Waals surface area (Å²) in [6, 6.07) is 13.2. The topological polar surface area (TPSA) is 105 Å². The summed E-state index contributed by atoms with van der Waals surface area (Å²) in [5.74, 6) is -0.285. The third-order valence-corrected chi connectivity index (χ3v) is 5.46. The van der Waals surface area contributed by atoms with E-state index in [2.05, 4.69) is 26.6 Å². The zero-order valence-corrected chi connectivity index (χ0v) is 18.1. The van der Waals surface area contributed by atoms with Gasteiger partial charge in [0.05, 0.1) is 6.26 Å². The molecule has 1 aliphatic rings. The van der Waals surface area contributed by atoms with Crippen molar-refractivity contribution < 1.29 is 23.2 Å². The van der Waals surface area contributed by atoms with Gasteiger partial charge in [-0.25, -0.2) is 0 Å². The number of hydrogen-bond acceptors (Lipinski definition) is 5. The van der Waals surface area contributed by atoms with E-state index in [1.165, 1.54) is 6.26 Å². The van der Waals surface area contributed by atoms with Crippen LogP contribution in [0.1, 0.15) is 44.3 Å². The van der Waals surface area contributed by atoms with E-state index in [-0.39, 0.29) is 23.6 Å². The van der Waals surface area contributed by atoms with E-state index >= 15 is 0 Å². The number of furan rings is 2. The van der Waals surface area contributed by atoms with E-state index in [0.717, 1.165) is 0 Å². The number of benzene rings is 1. The van der Waals surface area contributed by atoms with Gasteiger partial charge in [0, 0.05) is 30.4 Å². The van der Waals surface area contributed by atoms with Gasteiger partial charge >= 0.3 is 0 Å². The standard InChI is InChI=1S/C22H20BrN3O5/c23-19-7-6-17(31-19)21(28)25-16-4-1-3-14(13-16)20(27)24-15-8-10-26(11-9-15)22(29)18-5-2-12-30-18/h1-7,12-13,15H,8-11H2,(H,24,27)(H,25,28). The molecule has 0 bridgehead atoms. The Kier molecular flexibility index (Phi) is 6.22. The van der Waals surface area contributed by atoms with E-state index in [9.17, 15) is 14.4 Å². The molecule has 160 valence electrons. The van der Waals surface area contributed by atoms with E-state index in [0.29, 0.717) is 47.6 Å². The summed E-state index contributed by atoms with van der Waals surface area (Å²) < 4.78 is 10.9. The second-order valence-corrected chi connectivity index (χ2v) is 7.94. The molecule has 1 saturated heterocycles. The third-order valence-electron chi connectivity index (χ3n) is 5.03. The lowest BCUT2D eigenvalue weighted by Crippen LogP contribution is -2.46. The van der Waals surface area contributed by atoms with E-state index < -0.39 is 5.91 Å². The van der Waals surface area contributed by atoms with Crippen LogP contribution in [0.5, 0.6) is 0 Å². The number of nitrogens with zero attached hydrogens (tertiary/aromatic N) is 1. The molecular weight excluding hydrogens is 466 g/mol. The van der Waals surface area contributed by atoms with Gasteiger partial charge in [-0.3, -0.25) is 14.4 Å². The minimum absolute atomic E-state index is 0.0353. The Hall–Kier alpha value is -3.33. The molecule has 0 aliphatic carbocycles. The lowest BCUT2D eigenvalue weighted by Gasteiger charge is -2.31. The summed E-state index contributed by atoms with van der Waals surface area (Å²) in [7, 11) is 0. The fraction of sp³-hybridized carbons (Fsp3) is 0.227. The average Bonchev–Trinajstić information content (AvgIpc) is 3.46. The summed E-state index contributed by atoms with van der Waals surface area (Å²) in [5, 5.41) is 5.72. The number of carbonyl (C=O) groups excluding carboxylic acids is 3. The first-order valence-electron chi connectivity index (χ1n) is 9.80. The normalized spacial score (nSPS) is 14.3. The molecule has 2 N–H and O–H groups in total. The molecule has 0 unspecified atom stereocenters. The van der Waals surface area contributed by atoms with Crippen LogP contribution in [0.25, 0.3) is 0 Å². The van der Waals surface area contributed by atoms with Crippen molar-refractivity contribution in [3.63, 3.8) is 0 Å². The number of anilines is 1. The SMILES string of the molecule is O=C(NC1CCN(C(=O)c2ccco2)CC1)c1cccc(NC(=O)c2ccc(Br)o2)c1. The summed E-state index contributed by atoms with van der Waals surface area (Å²) in [5.41, 5.74) is 0.927. The third kappa shape index (κ3) is 5.05. The van der Waals surface area contributed by atoms with Crippen LogP contribution in [0, 0.1) is 0 Å². The lowest BCUT2D eigenvalue weighted by atomic mass is 10.0. The van der Waals surface area contributed by atoms with Gasteiger partial charge in [0.25, 0.3) is 17.7 Å². The first kappa shape index (κ1) is 20.9. The highest BCUT2D eigenvalue weighted by atomic mass is 79.9. The van der Waals surface area contributed by atoms with Crippen LogP contribution < -0.4 is 10.6 Å². The zero-order chi connectivity index (χ0) is 21.8. The molecule has 1 aromatic carbocycles.